The Kier molecular flexibility index (Phi) is 3.23. The zero-order valence-corrected chi connectivity index (χ0v) is 12.2. The molecule has 0 bridgehead atoms. The predicted octanol–water partition coefficient (Wildman–Crippen LogP) is 4.66. The molecule has 0 unspecified atom stereocenters. The summed E-state index contributed by atoms with van der Waals surface area (Å²) in [6.45, 7) is 1.88. The summed E-state index contributed by atoms with van der Waals surface area (Å²) >= 11 is 12.1. The molecule has 0 radical (unpaired) electrons. The quantitative estimate of drug-likeness (QED) is 0.831. The Labute approximate surface area is 127 Å². The first kappa shape index (κ1) is 13.5. The van der Waals surface area contributed by atoms with E-state index in [2.05, 4.69) is 0 Å². The van der Waals surface area contributed by atoms with E-state index in [4.69, 9.17) is 23.2 Å². The minimum atomic E-state index is -0.220. The second-order valence-corrected chi connectivity index (χ2v) is 5.79. The lowest BCUT2D eigenvalue weighted by Crippen LogP contribution is -2.10. The number of carbonyl (C=O) groups excluding carboxylic acids is 1. The number of ketones is 1. The molecule has 20 heavy (non-hydrogen) atoms. The molecule has 1 aliphatic rings. The van der Waals surface area contributed by atoms with Crippen molar-refractivity contribution in [1.82, 2.24) is 0 Å². The first-order chi connectivity index (χ1) is 9.52. The van der Waals surface area contributed by atoms with Gasteiger partial charge in [0.15, 0.2) is 5.78 Å². The van der Waals surface area contributed by atoms with Crippen molar-refractivity contribution in [3.05, 3.63) is 63.1 Å². The summed E-state index contributed by atoms with van der Waals surface area (Å²) in [4.78, 5) is 12.4. The maximum absolute atomic E-state index is 12.4. The number of halogens is 2. The van der Waals surface area contributed by atoms with Gasteiger partial charge in [-0.2, -0.15) is 0 Å². The molecule has 0 heterocycles. The molecular weight excluding hydrogens is 295 g/mol. The van der Waals surface area contributed by atoms with Gasteiger partial charge in [-0.25, -0.2) is 0 Å². The molecule has 2 atom stereocenters. The first-order valence-electron chi connectivity index (χ1n) is 6.32. The SMILES string of the molecule is C[C@H]1C(=O)c2c(cc(O)c(Cl)c2Cl)[C@@H]1c1ccccc1. The zero-order chi connectivity index (χ0) is 14.4. The van der Waals surface area contributed by atoms with Gasteiger partial charge in [0.2, 0.25) is 0 Å². The van der Waals surface area contributed by atoms with Crippen LogP contribution in [-0.4, -0.2) is 10.9 Å². The molecule has 0 aromatic heterocycles. The molecule has 2 nitrogen and oxygen atoms in total. The van der Waals surface area contributed by atoms with Crippen molar-refractivity contribution in [3.63, 3.8) is 0 Å². The third kappa shape index (κ3) is 1.83. The molecule has 2 aromatic carbocycles. The summed E-state index contributed by atoms with van der Waals surface area (Å²) in [5.41, 5.74) is 2.22. The first-order valence-corrected chi connectivity index (χ1v) is 7.08. The fourth-order valence-corrected chi connectivity index (χ4v) is 3.35. The van der Waals surface area contributed by atoms with Gasteiger partial charge in [0.05, 0.1) is 5.02 Å². The molecule has 2 aromatic rings. The lowest BCUT2D eigenvalue weighted by molar-refractivity contribution is 0.0939. The Balaban J connectivity index is 2.26. The van der Waals surface area contributed by atoms with Crippen molar-refractivity contribution >= 4 is 29.0 Å². The third-order valence-corrected chi connectivity index (χ3v) is 4.73. The van der Waals surface area contributed by atoms with Crippen molar-refractivity contribution in [1.29, 1.82) is 0 Å². The van der Waals surface area contributed by atoms with Gasteiger partial charge in [-0.15, -0.1) is 0 Å². The topological polar surface area (TPSA) is 37.3 Å². The molecule has 3 rings (SSSR count). The fraction of sp³-hybridized carbons (Fsp3) is 0.188. The Hall–Kier alpha value is -1.51. The van der Waals surface area contributed by atoms with E-state index in [0.29, 0.717) is 5.56 Å². The van der Waals surface area contributed by atoms with Gasteiger partial charge >= 0.3 is 0 Å². The number of hydrogen-bond donors (Lipinski definition) is 1. The van der Waals surface area contributed by atoms with E-state index < -0.39 is 0 Å². The molecule has 102 valence electrons. The van der Waals surface area contributed by atoms with E-state index in [9.17, 15) is 9.90 Å². The molecule has 0 aliphatic heterocycles. The van der Waals surface area contributed by atoms with Crippen LogP contribution in [-0.2, 0) is 0 Å². The lowest BCUT2D eigenvalue weighted by Gasteiger charge is -2.16. The number of carbonyl (C=O) groups is 1. The molecule has 0 saturated carbocycles. The van der Waals surface area contributed by atoms with Gasteiger partial charge < -0.3 is 5.11 Å². The highest BCUT2D eigenvalue weighted by Crippen LogP contribution is 2.49. The Morgan fingerprint density at radius 3 is 2.40 bits per heavy atom. The number of phenolic OH excluding ortho intramolecular Hbond substituents is 1. The Morgan fingerprint density at radius 2 is 1.75 bits per heavy atom. The number of rotatable bonds is 1. The smallest absolute Gasteiger partial charge is 0.168 e. The third-order valence-electron chi connectivity index (χ3n) is 3.87. The highest BCUT2D eigenvalue weighted by Gasteiger charge is 2.40. The van der Waals surface area contributed by atoms with Gasteiger partial charge in [0, 0.05) is 17.4 Å². The van der Waals surface area contributed by atoms with E-state index in [1.807, 2.05) is 37.3 Å². The molecular formula is C16H12Cl2O2. The molecule has 0 spiro atoms. The van der Waals surface area contributed by atoms with Crippen LogP contribution in [0.1, 0.15) is 34.3 Å². The second kappa shape index (κ2) is 4.80. The van der Waals surface area contributed by atoms with Gasteiger partial charge in [0.25, 0.3) is 0 Å². The zero-order valence-electron chi connectivity index (χ0n) is 10.7. The van der Waals surface area contributed by atoms with Crippen LogP contribution in [0.5, 0.6) is 5.75 Å². The van der Waals surface area contributed by atoms with Gasteiger partial charge in [-0.1, -0.05) is 60.5 Å². The Morgan fingerprint density at radius 1 is 1.10 bits per heavy atom. The average molecular weight is 307 g/mol. The van der Waals surface area contributed by atoms with Gasteiger partial charge in [-0.05, 0) is 17.2 Å². The summed E-state index contributed by atoms with van der Waals surface area (Å²) < 4.78 is 0. The number of fused-ring (bicyclic) bond motifs is 1. The highest BCUT2D eigenvalue weighted by molar-refractivity contribution is 6.45. The molecule has 0 amide bonds. The van der Waals surface area contributed by atoms with Crippen molar-refractivity contribution in [2.75, 3.05) is 0 Å². The molecule has 4 heteroatoms. The van der Waals surface area contributed by atoms with E-state index >= 15 is 0 Å². The van der Waals surface area contributed by atoms with Gasteiger partial charge in [-0.3, -0.25) is 4.79 Å². The fourth-order valence-electron chi connectivity index (χ4n) is 2.90. The van der Waals surface area contributed by atoms with Crippen molar-refractivity contribution in [3.8, 4) is 5.75 Å². The summed E-state index contributed by atoms with van der Waals surface area (Å²) in [6, 6.07) is 11.3. The van der Waals surface area contributed by atoms with E-state index in [0.717, 1.165) is 11.1 Å². The lowest BCUT2D eigenvalue weighted by atomic mass is 9.87. The van der Waals surface area contributed by atoms with Crippen LogP contribution >= 0.6 is 23.2 Å². The van der Waals surface area contributed by atoms with Crippen LogP contribution < -0.4 is 0 Å². The molecule has 0 fully saturated rings. The number of benzene rings is 2. The van der Waals surface area contributed by atoms with Crippen LogP contribution in [0.25, 0.3) is 0 Å². The summed E-state index contributed by atoms with van der Waals surface area (Å²) in [7, 11) is 0. The maximum atomic E-state index is 12.4. The number of phenols is 1. The van der Waals surface area contributed by atoms with Crippen LogP contribution in [0.3, 0.4) is 0 Å². The number of hydrogen-bond acceptors (Lipinski definition) is 2. The molecule has 0 saturated heterocycles. The van der Waals surface area contributed by atoms with Crippen LogP contribution in [0.15, 0.2) is 36.4 Å². The molecule has 1 N–H and O–H groups in total. The van der Waals surface area contributed by atoms with Crippen LogP contribution in [0, 0.1) is 5.92 Å². The predicted molar refractivity (Wildman–Crippen MR) is 79.9 cm³/mol. The Bertz CT molecular complexity index is 695. The van der Waals surface area contributed by atoms with E-state index in [1.54, 1.807) is 6.07 Å². The molecule has 1 aliphatic carbocycles. The normalized spacial score (nSPS) is 21.1. The van der Waals surface area contributed by atoms with Crippen molar-refractivity contribution in [2.24, 2.45) is 5.92 Å². The van der Waals surface area contributed by atoms with Crippen LogP contribution in [0.4, 0.5) is 0 Å². The summed E-state index contributed by atoms with van der Waals surface area (Å²) in [6.07, 6.45) is 0. The van der Waals surface area contributed by atoms with Gasteiger partial charge in [0.1, 0.15) is 10.8 Å². The average Bonchev–Trinajstić information content (AvgIpc) is 2.69. The highest BCUT2D eigenvalue weighted by atomic mass is 35.5. The summed E-state index contributed by atoms with van der Waals surface area (Å²) in [5.74, 6) is -0.430. The van der Waals surface area contributed by atoms with Crippen molar-refractivity contribution < 1.29 is 9.90 Å². The maximum Gasteiger partial charge on any atom is 0.168 e. The minimum absolute atomic E-state index is 0.0271. The standard InChI is InChI=1S/C16H12Cl2O2/c1-8-12(9-5-3-2-4-6-9)10-7-11(19)14(17)15(18)13(10)16(8)20/h2-8,12,19H,1H3/t8-,12+/m1/s1. The number of aromatic hydroxyl groups is 1. The number of Topliss-reactive ketones (excluding diaryl/α,β-unsaturated/α-hetero) is 1. The van der Waals surface area contributed by atoms with Crippen molar-refractivity contribution in [2.45, 2.75) is 12.8 Å². The minimum Gasteiger partial charge on any atom is -0.506 e. The monoisotopic (exact) mass is 306 g/mol. The largest absolute Gasteiger partial charge is 0.506 e. The van der Waals surface area contributed by atoms with E-state index in [1.165, 1.54) is 0 Å². The van der Waals surface area contributed by atoms with Crippen LogP contribution in [0.2, 0.25) is 10.0 Å². The summed E-state index contributed by atoms with van der Waals surface area (Å²) in [5, 5.41) is 10.1. The van der Waals surface area contributed by atoms with E-state index in [-0.39, 0.29) is 33.4 Å². The second-order valence-electron chi connectivity index (χ2n) is 5.03.